The van der Waals surface area contributed by atoms with Gasteiger partial charge >= 0.3 is 0 Å². The third kappa shape index (κ3) is 6.61. The fourth-order valence-electron chi connectivity index (χ4n) is 1.83. The van der Waals surface area contributed by atoms with Crippen LogP contribution >= 0.6 is 24.0 Å². The first-order chi connectivity index (χ1) is 8.81. The highest BCUT2D eigenvalue weighted by Crippen LogP contribution is 2.17. The number of halogens is 1. The predicted octanol–water partition coefficient (Wildman–Crippen LogP) is 3.15. The van der Waals surface area contributed by atoms with E-state index in [9.17, 15) is 0 Å². The summed E-state index contributed by atoms with van der Waals surface area (Å²) in [6.45, 7) is 7.50. The Hall–Kier alpha value is -1.04. The zero-order valence-corrected chi connectivity index (χ0v) is 14.1. The van der Waals surface area contributed by atoms with Gasteiger partial charge in [-0.3, -0.25) is 4.99 Å². The zero-order valence-electron chi connectivity index (χ0n) is 11.7. The van der Waals surface area contributed by atoms with Crippen molar-refractivity contribution in [1.82, 2.24) is 10.6 Å². The fraction of sp³-hybridized carbons (Fsp3) is 0.400. The normalized spacial score (nSPS) is 12.2. The maximum Gasteiger partial charge on any atom is 0.191 e. The van der Waals surface area contributed by atoms with Crippen LogP contribution in [0.25, 0.3) is 0 Å². The molecule has 1 atom stereocenters. The average Bonchev–Trinajstić information content (AvgIpc) is 2.44. The molecule has 4 heteroatoms. The molecule has 3 nitrogen and oxygen atoms in total. The van der Waals surface area contributed by atoms with Crippen LogP contribution in [0.2, 0.25) is 0 Å². The van der Waals surface area contributed by atoms with Crippen LogP contribution in [0.1, 0.15) is 24.8 Å². The molecule has 106 valence electrons. The van der Waals surface area contributed by atoms with Crippen molar-refractivity contribution in [3.05, 3.63) is 48.6 Å². The molecule has 0 heterocycles. The smallest absolute Gasteiger partial charge is 0.191 e. The molecule has 1 rings (SSSR count). The van der Waals surface area contributed by atoms with E-state index >= 15 is 0 Å². The van der Waals surface area contributed by atoms with Crippen molar-refractivity contribution in [2.24, 2.45) is 4.99 Å². The molecule has 1 unspecified atom stereocenters. The summed E-state index contributed by atoms with van der Waals surface area (Å²) in [5.74, 6) is 1.33. The van der Waals surface area contributed by atoms with Crippen molar-refractivity contribution >= 4 is 29.9 Å². The molecule has 0 aliphatic carbocycles. The molecular formula is C15H24IN3. The fourth-order valence-corrected chi connectivity index (χ4v) is 1.83. The van der Waals surface area contributed by atoms with Crippen molar-refractivity contribution in [3.63, 3.8) is 0 Å². The Labute approximate surface area is 133 Å². The van der Waals surface area contributed by atoms with Crippen LogP contribution in [0.3, 0.4) is 0 Å². The quantitative estimate of drug-likeness (QED) is 0.348. The molecule has 1 aromatic rings. The highest BCUT2D eigenvalue weighted by Gasteiger charge is 2.09. The van der Waals surface area contributed by atoms with E-state index in [4.69, 9.17) is 0 Å². The molecule has 0 radical (unpaired) electrons. The summed E-state index contributed by atoms with van der Waals surface area (Å²) in [7, 11) is 1.78. The largest absolute Gasteiger partial charge is 0.356 e. The molecule has 0 aliphatic rings. The SMILES string of the molecule is C=CCNC(=NC)NCC(CC)c1ccccc1.I. The molecule has 0 saturated carbocycles. The maximum absolute atomic E-state index is 4.17. The first-order valence-electron chi connectivity index (χ1n) is 6.42. The lowest BCUT2D eigenvalue weighted by atomic mass is 9.97. The number of guanidine groups is 1. The number of nitrogens with one attached hydrogen (secondary N) is 2. The molecule has 0 aliphatic heterocycles. The Kier molecular flexibility index (Phi) is 10.2. The number of hydrogen-bond acceptors (Lipinski definition) is 1. The summed E-state index contributed by atoms with van der Waals surface area (Å²) in [4.78, 5) is 4.17. The maximum atomic E-state index is 4.17. The molecule has 2 N–H and O–H groups in total. The van der Waals surface area contributed by atoms with Crippen LogP contribution in [0.5, 0.6) is 0 Å². The van der Waals surface area contributed by atoms with Crippen LogP contribution in [0.4, 0.5) is 0 Å². The first-order valence-corrected chi connectivity index (χ1v) is 6.42. The summed E-state index contributed by atoms with van der Waals surface area (Å²) in [6.07, 6.45) is 2.93. The molecule has 1 aromatic carbocycles. The Bertz CT molecular complexity index is 376. The van der Waals surface area contributed by atoms with Gasteiger partial charge < -0.3 is 10.6 Å². The minimum Gasteiger partial charge on any atom is -0.356 e. The van der Waals surface area contributed by atoms with Crippen molar-refractivity contribution in [2.75, 3.05) is 20.1 Å². The van der Waals surface area contributed by atoms with Gasteiger partial charge in [0.15, 0.2) is 5.96 Å². The van der Waals surface area contributed by atoms with Crippen molar-refractivity contribution in [1.29, 1.82) is 0 Å². The van der Waals surface area contributed by atoms with Crippen molar-refractivity contribution < 1.29 is 0 Å². The molecule has 19 heavy (non-hydrogen) atoms. The van der Waals surface area contributed by atoms with Gasteiger partial charge in [-0.15, -0.1) is 30.6 Å². The van der Waals surface area contributed by atoms with Gasteiger partial charge in [-0.1, -0.05) is 43.3 Å². The van der Waals surface area contributed by atoms with Gasteiger partial charge in [0, 0.05) is 26.1 Å². The van der Waals surface area contributed by atoms with Crippen LogP contribution in [0.15, 0.2) is 48.0 Å². The first kappa shape index (κ1) is 18.0. The van der Waals surface area contributed by atoms with Gasteiger partial charge in [0.1, 0.15) is 0 Å². The summed E-state index contributed by atoms with van der Waals surface area (Å²) >= 11 is 0. The van der Waals surface area contributed by atoms with Crippen LogP contribution < -0.4 is 10.6 Å². The summed E-state index contributed by atoms with van der Waals surface area (Å²) < 4.78 is 0. The number of hydrogen-bond donors (Lipinski definition) is 2. The minimum atomic E-state index is 0. The predicted molar refractivity (Wildman–Crippen MR) is 94.5 cm³/mol. The molecule has 0 spiro atoms. The zero-order chi connectivity index (χ0) is 13.2. The molecule has 0 bridgehead atoms. The molecule has 0 fully saturated rings. The van der Waals surface area contributed by atoms with Crippen molar-refractivity contribution in [2.45, 2.75) is 19.3 Å². The van der Waals surface area contributed by atoms with E-state index in [1.165, 1.54) is 5.56 Å². The molecule has 0 amide bonds. The van der Waals surface area contributed by atoms with E-state index in [1.807, 2.05) is 12.1 Å². The second-order valence-electron chi connectivity index (χ2n) is 4.14. The van der Waals surface area contributed by atoms with Crippen LogP contribution in [0, 0.1) is 0 Å². The van der Waals surface area contributed by atoms with Crippen LogP contribution in [-0.2, 0) is 0 Å². The second kappa shape index (κ2) is 10.8. The molecule has 0 aromatic heterocycles. The summed E-state index contributed by atoms with van der Waals surface area (Å²) in [5, 5.41) is 6.52. The summed E-state index contributed by atoms with van der Waals surface area (Å²) in [5.41, 5.74) is 1.37. The number of nitrogens with zero attached hydrogens (tertiary/aromatic N) is 1. The van der Waals surface area contributed by atoms with Gasteiger partial charge in [0.2, 0.25) is 0 Å². The van der Waals surface area contributed by atoms with E-state index in [0.29, 0.717) is 5.92 Å². The number of benzene rings is 1. The highest BCUT2D eigenvalue weighted by atomic mass is 127. The Morgan fingerprint density at radius 1 is 1.32 bits per heavy atom. The van der Waals surface area contributed by atoms with Gasteiger partial charge in [0.25, 0.3) is 0 Å². The summed E-state index contributed by atoms with van der Waals surface area (Å²) in [6, 6.07) is 10.6. The molecule has 0 saturated heterocycles. The van der Waals surface area contributed by atoms with Crippen molar-refractivity contribution in [3.8, 4) is 0 Å². The van der Waals surface area contributed by atoms with E-state index in [2.05, 4.69) is 53.4 Å². The van der Waals surface area contributed by atoms with E-state index in [0.717, 1.165) is 25.5 Å². The van der Waals surface area contributed by atoms with Gasteiger partial charge in [0.05, 0.1) is 0 Å². The van der Waals surface area contributed by atoms with Crippen LogP contribution in [-0.4, -0.2) is 26.1 Å². The lowest BCUT2D eigenvalue weighted by Crippen LogP contribution is -2.39. The second-order valence-corrected chi connectivity index (χ2v) is 4.14. The third-order valence-corrected chi connectivity index (χ3v) is 2.92. The van der Waals surface area contributed by atoms with Gasteiger partial charge in [-0.2, -0.15) is 0 Å². The van der Waals surface area contributed by atoms with E-state index in [-0.39, 0.29) is 24.0 Å². The topological polar surface area (TPSA) is 36.4 Å². The minimum absolute atomic E-state index is 0. The number of aliphatic imine (C=N–C) groups is 1. The van der Waals surface area contributed by atoms with Gasteiger partial charge in [-0.05, 0) is 12.0 Å². The monoisotopic (exact) mass is 373 g/mol. The average molecular weight is 373 g/mol. The Morgan fingerprint density at radius 3 is 2.53 bits per heavy atom. The van der Waals surface area contributed by atoms with E-state index < -0.39 is 0 Å². The lowest BCUT2D eigenvalue weighted by molar-refractivity contribution is 0.632. The highest BCUT2D eigenvalue weighted by molar-refractivity contribution is 14.0. The van der Waals surface area contributed by atoms with E-state index in [1.54, 1.807) is 7.05 Å². The lowest BCUT2D eigenvalue weighted by Gasteiger charge is -2.18. The Balaban J connectivity index is 0.00000324. The Morgan fingerprint density at radius 2 is 2.00 bits per heavy atom. The third-order valence-electron chi connectivity index (χ3n) is 2.92. The van der Waals surface area contributed by atoms with Gasteiger partial charge in [-0.25, -0.2) is 0 Å². The number of rotatable bonds is 6. The standard InChI is InChI=1S/C15H23N3.HI/c1-4-11-17-15(16-3)18-12-13(5-2)14-9-7-6-8-10-14;/h4,6-10,13H,1,5,11-12H2,2-3H3,(H2,16,17,18);1H. The molecular weight excluding hydrogens is 349 g/mol.